The van der Waals surface area contributed by atoms with Gasteiger partial charge in [-0.15, -0.1) is 0 Å². The monoisotopic (exact) mass is 232 g/mol. The van der Waals surface area contributed by atoms with Gasteiger partial charge < -0.3 is 15.7 Å². The summed E-state index contributed by atoms with van der Waals surface area (Å²) in [5.74, 6) is -0.949. The molecule has 3 N–H and O–H groups in total. The van der Waals surface area contributed by atoms with Gasteiger partial charge in [0.25, 0.3) is 0 Å². The van der Waals surface area contributed by atoms with Gasteiger partial charge in [-0.2, -0.15) is 11.8 Å². The summed E-state index contributed by atoms with van der Waals surface area (Å²) in [6, 6.07) is -0.393. The van der Waals surface area contributed by atoms with Crippen LogP contribution in [0.25, 0.3) is 0 Å². The number of nitrogens with one attached hydrogen (secondary N) is 2. The molecule has 0 aromatic rings. The van der Waals surface area contributed by atoms with Gasteiger partial charge in [-0.1, -0.05) is 6.92 Å². The average Bonchev–Trinajstić information content (AvgIpc) is 2.95. The normalized spacial score (nSPS) is 19.1. The number of rotatable bonds is 5. The predicted octanol–water partition coefficient (Wildman–Crippen LogP) is 0.654. The van der Waals surface area contributed by atoms with Gasteiger partial charge in [0, 0.05) is 11.8 Å². The fraction of sp³-hybridized carbons (Fsp3) is 0.778. The maximum absolute atomic E-state index is 11.3. The van der Waals surface area contributed by atoms with Crippen molar-refractivity contribution in [1.29, 1.82) is 0 Å². The molecule has 86 valence electrons. The summed E-state index contributed by atoms with van der Waals surface area (Å²) in [6.45, 7) is 2.54. The number of carboxylic acids is 1. The molecule has 6 heteroatoms. The van der Waals surface area contributed by atoms with Crippen LogP contribution in [0.15, 0.2) is 0 Å². The quantitative estimate of drug-likeness (QED) is 0.650. The fourth-order valence-corrected chi connectivity index (χ4v) is 1.35. The molecule has 1 fully saturated rings. The Morgan fingerprint density at radius 2 is 2.13 bits per heavy atom. The zero-order valence-electron chi connectivity index (χ0n) is 8.87. The summed E-state index contributed by atoms with van der Waals surface area (Å²) in [5.41, 5.74) is -0.993. The van der Waals surface area contributed by atoms with Gasteiger partial charge in [-0.05, 0) is 19.1 Å². The van der Waals surface area contributed by atoms with Crippen LogP contribution in [0.4, 0.5) is 4.79 Å². The highest BCUT2D eigenvalue weighted by molar-refractivity contribution is 7.99. The molecule has 2 amide bonds. The van der Waals surface area contributed by atoms with Gasteiger partial charge in [0.1, 0.15) is 5.54 Å². The number of thioether (sulfide) groups is 1. The number of carbonyl (C=O) groups excluding carboxylic acids is 1. The molecule has 15 heavy (non-hydrogen) atoms. The molecule has 1 aliphatic carbocycles. The van der Waals surface area contributed by atoms with Crippen molar-refractivity contribution in [1.82, 2.24) is 10.6 Å². The Hall–Kier alpha value is -0.910. The van der Waals surface area contributed by atoms with Crippen LogP contribution in [0.5, 0.6) is 0 Å². The van der Waals surface area contributed by atoms with E-state index in [4.69, 9.17) is 5.11 Å². The summed E-state index contributed by atoms with van der Waals surface area (Å²) in [5, 5.41) is 14.3. The molecule has 0 aromatic carbocycles. The molecular formula is C9H16N2O3S. The Morgan fingerprint density at radius 3 is 2.53 bits per heavy atom. The van der Waals surface area contributed by atoms with Crippen LogP contribution in [0.3, 0.4) is 0 Å². The largest absolute Gasteiger partial charge is 0.480 e. The van der Waals surface area contributed by atoms with Crippen LogP contribution in [0, 0.1) is 0 Å². The Morgan fingerprint density at radius 1 is 1.53 bits per heavy atom. The van der Waals surface area contributed by atoms with Crippen molar-refractivity contribution in [3.05, 3.63) is 0 Å². The van der Waals surface area contributed by atoms with E-state index < -0.39 is 17.5 Å². The zero-order chi connectivity index (χ0) is 11.5. The minimum Gasteiger partial charge on any atom is -0.480 e. The lowest BCUT2D eigenvalue weighted by Crippen LogP contribution is -2.48. The van der Waals surface area contributed by atoms with Gasteiger partial charge in [-0.25, -0.2) is 9.59 Å². The number of carbonyl (C=O) groups is 2. The Balaban J connectivity index is 2.28. The smallest absolute Gasteiger partial charge is 0.329 e. The van der Waals surface area contributed by atoms with Gasteiger partial charge >= 0.3 is 12.0 Å². The number of aliphatic carboxylic acids is 1. The number of carboxylic acid groups (broad SMARTS) is 1. The molecule has 0 saturated heterocycles. The Bertz CT molecular complexity index is 266. The summed E-state index contributed by atoms with van der Waals surface area (Å²) in [4.78, 5) is 22.1. The lowest BCUT2D eigenvalue weighted by Gasteiger charge is -2.15. The van der Waals surface area contributed by atoms with E-state index in [2.05, 4.69) is 10.6 Å². The fourth-order valence-electron chi connectivity index (χ4n) is 1.10. The molecule has 1 saturated carbocycles. The lowest BCUT2D eigenvalue weighted by molar-refractivity contribution is -0.140. The molecule has 0 radical (unpaired) electrons. The second kappa shape index (κ2) is 4.74. The standard InChI is InChI=1S/C9H16N2O3S/c1-6(15-2)5-10-8(14)11-9(3-4-9)7(12)13/h6H,3-5H2,1-2H3,(H,12,13)(H2,10,11,14). The third-order valence-electron chi connectivity index (χ3n) is 2.46. The molecule has 0 spiro atoms. The van der Waals surface area contributed by atoms with Crippen LogP contribution in [0.1, 0.15) is 19.8 Å². The summed E-state index contributed by atoms with van der Waals surface area (Å²) in [6.07, 6.45) is 3.01. The molecule has 1 aliphatic rings. The number of hydrogen-bond acceptors (Lipinski definition) is 3. The molecule has 1 atom stereocenters. The topological polar surface area (TPSA) is 78.4 Å². The summed E-state index contributed by atoms with van der Waals surface area (Å²) in [7, 11) is 0. The van der Waals surface area contributed by atoms with Crippen molar-refractivity contribution in [3.63, 3.8) is 0 Å². The van der Waals surface area contributed by atoms with Crippen LogP contribution >= 0.6 is 11.8 Å². The van der Waals surface area contributed by atoms with Crippen LogP contribution < -0.4 is 10.6 Å². The van der Waals surface area contributed by atoms with Gasteiger partial charge in [-0.3, -0.25) is 0 Å². The van der Waals surface area contributed by atoms with Crippen molar-refractivity contribution >= 4 is 23.8 Å². The van der Waals surface area contributed by atoms with Gasteiger partial charge in [0.05, 0.1) is 0 Å². The molecule has 1 rings (SSSR count). The number of amides is 2. The Labute approximate surface area is 93.0 Å². The van der Waals surface area contributed by atoms with Crippen molar-refractivity contribution < 1.29 is 14.7 Å². The summed E-state index contributed by atoms with van der Waals surface area (Å²) >= 11 is 1.65. The lowest BCUT2D eigenvalue weighted by atomic mass is 10.3. The molecule has 0 heterocycles. The first-order chi connectivity index (χ1) is 7.00. The number of hydrogen-bond donors (Lipinski definition) is 3. The first-order valence-corrected chi connectivity index (χ1v) is 6.11. The first-order valence-electron chi connectivity index (χ1n) is 4.82. The van der Waals surface area contributed by atoms with Crippen LogP contribution in [0.2, 0.25) is 0 Å². The molecular weight excluding hydrogens is 216 g/mol. The minimum absolute atomic E-state index is 0.329. The van der Waals surface area contributed by atoms with Gasteiger partial charge in [0.15, 0.2) is 0 Å². The highest BCUT2D eigenvalue weighted by Gasteiger charge is 2.51. The second-order valence-electron chi connectivity index (χ2n) is 3.77. The highest BCUT2D eigenvalue weighted by atomic mass is 32.2. The van der Waals surface area contributed by atoms with Crippen molar-refractivity contribution in [2.45, 2.75) is 30.6 Å². The highest BCUT2D eigenvalue weighted by Crippen LogP contribution is 2.35. The van der Waals surface area contributed by atoms with Crippen LogP contribution in [-0.2, 0) is 4.79 Å². The third-order valence-corrected chi connectivity index (χ3v) is 3.44. The second-order valence-corrected chi connectivity index (χ2v) is 5.04. The molecule has 0 aliphatic heterocycles. The van der Waals surface area contributed by atoms with Crippen LogP contribution in [-0.4, -0.2) is 40.7 Å². The van der Waals surface area contributed by atoms with Crippen molar-refractivity contribution in [3.8, 4) is 0 Å². The first kappa shape index (κ1) is 12.2. The maximum Gasteiger partial charge on any atom is 0.329 e. The average molecular weight is 232 g/mol. The molecule has 0 bridgehead atoms. The predicted molar refractivity (Wildman–Crippen MR) is 59.1 cm³/mol. The van der Waals surface area contributed by atoms with Crippen molar-refractivity contribution in [2.24, 2.45) is 0 Å². The van der Waals surface area contributed by atoms with E-state index >= 15 is 0 Å². The van der Waals surface area contributed by atoms with E-state index in [1.165, 1.54) is 0 Å². The molecule has 0 aromatic heterocycles. The van der Waals surface area contributed by atoms with Crippen molar-refractivity contribution in [2.75, 3.05) is 12.8 Å². The minimum atomic E-state index is -0.993. The summed E-state index contributed by atoms with van der Waals surface area (Å²) < 4.78 is 0. The molecule has 5 nitrogen and oxygen atoms in total. The third kappa shape index (κ3) is 3.30. The van der Waals surface area contributed by atoms with Gasteiger partial charge in [0.2, 0.25) is 0 Å². The van der Waals surface area contributed by atoms with E-state index in [0.717, 1.165) is 0 Å². The SMILES string of the molecule is CSC(C)CNC(=O)NC1(C(=O)O)CC1. The van der Waals surface area contributed by atoms with E-state index in [9.17, 15) is 9.59 Å². The maximum atomic E-state index is 11.3. The molecule has 1 unspecified atom stereocenters. The Kier molecular flexibility index (Phi) is 3.84. The van der Waals surface area contributed by atoms with E-state index in [1.54, 1.807) is 11.8 Å². The van der Waals surface area contributed by atoms with E-state index in [0.29, 0.717) is 24.6 Å². The van der Waals surface area contributed by atoms with E-state index in [-0.39, 0.29) is 0 Å². The zero-order valence-corrected chi connectivity index (χ0v) is 9.69. The number of urea groups is 1. The van der Waals surface area contributed by atoms with E-state index in [1.807, 2.05) is 13.2 Å².